The highest BCUT2D eigenvalue weighted by Crippen LogP contribution is 2.14. The molecule has 122 valence electrons. The van der Waals surface area contributed by atoms with Gasteiger partial charge in [-0.1, -0.05) is 19.1 Å². The number of amides is 2. The zero-order valence-electron chi connectivity index (χ0n) is 12.7. The van der Waals surface area contributed by atoms with Crippen LogP contribution in [-0.2, 0) is 6.42 Å². The molecule has 0 unspecified atom stereocenters. The molecule has 0 bridgehead atoms. The summed E-state index contributed by atoms with van der Waals surface area (Å²) in [4.78, 5) is 11.6. The molecule has 0 radical (unpaired) electrons. The number of carbonyl (C=O) groups excluding carboxylic acids is 1. The number of carbonyl (C=O) groups is 1. The molecule has 0 aliphatic carbocycles. The van der Waals surface area contributed by atoms with Gasteiger partial charge in [0.2, 0.25) is 0 Å². The highest BCUT2D eigenvalue weighted by atomic mass is 19.2. The number of hydrogen-bond donors (Lipinski definition) is 2. The Morgan fingerprint density at radius 2 is 1.96 bits per heavy atom. The topological polar surface area (TPSA) is 50.4 Å². The van der Waals surface area contributed by atoms with Gasteiger partial charge in [-0.3, -0.25) is 0 Å². The summed E-state index contributed by atoms with van der Waals surface area (Å²) in [6.07, 6.45) is 0.923. The molecule has 0 saturated carbocycles. The van der Waals surface area contributed by atoms with E-state index in [1.807, 2.05) is 24.3 Å². The minimum Gasteiger partial charge on any atom is -0.492 e. The molecule has 4 nitrogen and oxygen atoms in total. The number of nitrogens with one attached hydrogen (secondary N) is 2. The zero-order chi connectivity index (χ0) is 16.7. The van der Waals surface area contributed by atoms with Gasteiger partial charge in [-0.2, -0.15) is 0 Å². The Morgan fingerprint density at radius 1 is 1.13 bits per heavy atom. The molecule has 0 atom stereocenters. The van der Waals surface area contributed by atoms with Crippen molar-refractivity contribution in [2.24, 2.45) is 0 Å². The summed E-state index contributed by atoms with van der Waals surface area (Å²) in [6.45, 7) is 2.65. The average Bonchev–Trinajstić information content (AvgIpc) is 2.55. The molecule has 0 heterocycles. The van der Waals surface area contributed by atoms with Crippen LogP contribution < -0.4 is 15.4 Å². The second kappa shape index (κ2) is 8.12. The number of aryl methyl sites for hydroxylation is 1. The molecule has 23 heavy (non-hydrogen) atoms. The van der Waals surface area contributed by atoms with E-state index >= 15 is 0 Å². The molecule has 0 saturated heterocycles. The predicted molar refractivity (Wildman–Crippen MR) is 84.7 cm³/mol. The molecule has 2 rings (SSSR count). The van der Waals surface area contributed by atoms with E-state index in [0.717, 1.165) is 24.3 Å². The van der Waals surface area contributed by atoms with Gasteiger partial charge in [0.25, 0.3) is 0 Å². The van der Waals surface area contributed by atoms with Crippen molar-refractivity contribution in [1.29, 1.82) is 0 Å². The van der Waals surface area contributed by atoms with E-state index in [9.17, 15) is 13.6 Å². The minimum atomic E-state index is -1.01. The van der Waals surface area contributed by atoms with Crippen molar-refractivity contribution in [3.8, 4) is 5.75 Å². The highest BCUT2D eigenvalue weighted by Gasteiger charge is 2.05. The Hall–Kier alpha value is -2.63. The molecular weight excluding hydrogens is 302 g/mol. The molecule has 6 heteroatoms. The van der Waals surface area contributed by atoms with E-state index in [2.05, 4.69) is 17.6 Å². The monoisotopic (exact) mass is 320 g/mol. The van der Waals surface area contributed by atoms with Crippen LogP contribution in [0.3, 0.4) is 0 Å². The van der Waals surface area contributed by atoms with Gasteiger partial charge in [0.05, 0.1) is 6.54 Å². The lowest BCUT2D eigenvalue weighted by molar-refractivity contribution is 0.247. The van der Waals surface area contributed by atoms with Crippen LogP contribution >= 0.6 is 0 Å². The second-order valence-electron chi connectivity index (χ2n) is 4.86. The van der Waals surface area contributed by atoms with Crippen molar-refractivity contribution in [2.75, 3.05) is 18.5 Å². The van der Waals surface area contributed by atoms with Crippen molar-refractivity contribution in [1.82, 2.24) is 5.32 Å². The van der Waals surface area contributed by atoms with Crippen LogP contribution in [0.15, 0.2) is 42.5 Å². The van der Waals surface area contributed by atoms with Crippen molar-refractivity contribution >= 4 is 11.7 Å². The summed E-state index contributed by atoms with van der Waals surface area (Å²) < 4.78 is 31.3. The maximum atomic E-state index is 13.0. The molecule has 0 fully saturated rings. The van der Waals surface area contributed by atoms with Gasteiger partial charge < -0.3 is 15.4 Å². The van der Waals surface area contributed by atoms with Gasteiger partial charge in [0.1, 0.15) is 12.4 Å². The lowest BCUT2D eigenvalue weighted by Gasteiger charge is -2.10. The maximum Gasteiger partial charge on any atom is 0.319 e. The van der Waals surface area contributed by atoms with Crippen LogP contribution in [0.4, 0.5) is 19.3 Å². The first-order chi connectivity index (χ1) is 11.1. The van der Waals surface area contributed by atoms with Crippen molar-refractivity contribution in [2.45, 2.75) is 13.3 Å². The molecule has 0 aliphatic rings. The van der Waals surface area contributed by atoms with Crippen LogP contribution in [0.25, 0.3) is 0 Å². The lowest BCUT2D eigenvalue weighted by atomic mass is 10.2. The van der Waals surface area contributed by atoms with Gasteiger partial charge in [0, 0.05) is 11.8 Å². The van der Waals surface area contributed by atoms with E-state index in [0.29, 0.717) is 6.61 Å². The van der Waals surface area contributed by atoms with Gasteiger partial charge in [-0.15, -0.1) is 0 Å². The standard InChI is InChI=1S/C17H18F2N2O2/c1-2-12-4-3-5-14(10-12)23-9-8-20-17(22)21-13-6-7-15(18)16(19)11-13/h3-7,10-11H,2,8-9H2,1H3,(H2,20,21,22). The molecule has 2 aromatic carbocycles. The van der Waals surface area contributed by atoms with E-state index < -0.39 is 17.7 Å². The molecule has 2 N–H and O–H groups in total. The summed E-state index contributed by atoms with van der Waals surface area (Å²) in [5, 5.41) is 4.99. The SMILES string of the molecule is CCc1cccc(OCCNC(=O)Nc2ccc(F)c(F)c2)c1. The fourth-order valence-corrected chi connectivity index (χ4v) is 1.94. The quantitative estimate of drug-likeness (QED) is 0.797. The summed E-state index contributed by atoms with van der Waals surface area (Å²) in [7, 11) is 0. The number of urea groups is 1. The fourth-order valence-electron chi connectivity index (χ4n) is 1.94. The van der Waals surface area contributed by atoms with Crippen LogP contribution in [0.5, 0.6) is 5.75 Å². The predicted octanol–water partition coefficient (Wildman–Crippen LogP) is 3.73. The number of ether oxygens (including phenoxy) is 1. The maximum absolute atomic E-state index is 13.0. The highest BCUT2D eigenvalue weighted by molar-refractivity contribution is 5.89. The summed E-state index contributed by atoms with van der Waals surface area (Å²) in [6, 6.07) is 10.4. The number of rotatable bonds is 6. The third-order valence-corrected chi connectivity index (χ3v) is 3.14. The Labute approximate surface area is 133 Å². The molecule has 0 aromatic heterocycles. The Balaban J connectivity index is 1.73. The molecule has 2 amide bonds. The smallest absolute Gasteiger partial charge is 0.319 e. The lowest BCUT2D eigenvalue weighted by Crippen LogP contribution is -2.32. The molecule has 2 aromatic rings. The first kappa shape index (κ1) is 16.7. The van der Waals surface area contributed by atoms with Crippen molar-refractivity contribution in [3.05, 3.63) is 59.7 Å². The number of anilines is 1. The van der Waals surface area contributed by atoms with Crippen molar-refractivity contribution in [3.63, 3.8) is 0 Å². The Kier molecular flexibility index (Phi) is 5.91. The summed E-state index contributed by atoms with van der Waals surface area (Å²) in [5.41, 5.74) is 1.35. The zero-order valence-corrected chi connectivity index (χ0v) is 12.7. The fraction of sp³-hybridized carbons (Fsp3) is 0.235. The van der Waals surface area contributed by atoms with Gasteiger partial charge in [-0.05, 0) is 36.2 Å². The van der Waals surface area contributed by atoms with E-state index in [1.165, 1.54) is 11.6 Å². The number of halogens is 2. The first-order valence-electron chi connectivity index (χ1n) is 7.30. The molecular formula is C17H18F2N2O2. The largest absolute Gasteiger partial charge is 0.492 e. The van der Waals surface area contributed by atoms with Gasteiger partial charge in [0.15, 0.2) is 11.6 Å². The van der Waals surface area contributed by atoms with E-state index in [1.54, 1.807) is 0 Å². The van der Waals surface area contributed by atoms with Crippen LogP contribution in [0.1, 0.15) is 12.5 Å². The third kappa shape index (κ3) is 5.25. The van der Waals surface area contributed by atoms with Crippen LogP contribution in [0.2, 0.25) is 0 Å². The first-order valence-corrected chi connectivity index (χ1v) is 7.30. The summed E-state index contributed by atoms with van der Waals surface area (Å²) in [5.74, 6) is -1.23. The minimum absolute atomic E-state index is 0.179. The van der Waals surface area contributed by atoms with Crippen LogP contribution in [-0.4, -0.2) is 19.2 Å². The third-order valence-electron chi connectivity index (χ3n) is 3.14. The molecule has 0 aliphatic heterocycles. The van der Waals surface area contributed by atoms with E-state index in [4.69, 9.17) is 4.74 Å². The summed E-state index contributed by atoms with van der Waals surface area (Å²) >= 11 is 0. The molecule has 0 spiro atoms. The normalized spacial score (nSPS) is 10.2. The van der Waals surface area contributed by atoms with Crippen LogP contribution in [0, 0.1) is 11.6 Å². The van der Waals surface area contributed by atoms with Crippen molar-refractivity contribution < 1.29 is 18.3 Å². The van der Waals surface area contributed by atoms with Gasteiger partial charge in [-0.25, -0.2) is 13.6 Å². The number of benzene rings is 2. The second-order valence-corrected chi connectivity index (χ2v) is 4.86. The van der Waals surface area contributed by atoms with Gasteiger partial charge >= 0.3 is 6.03 Å². The Morgan fingerprint density at radius 3 is 2.70 bits per heavy atom. The average molecular weight is 320 g/mol. The Bertz CT molecular complexity index is 677. The van der Waals surface area contributed by atoms with E-state index in [-0.39, 0.29) is 12.2 Å². The number of hydrogen-bond acceptors (Lipinski definition) is 2.